The van der Waals surface area contributed by atoms with E-state index in [0.717, 1.165) is 10.6 Å². The molecule has 0 aliphatic carbocycles. The Balaban J connectivity index is 1.62. The number of oxazole rings is 1. The van der Waals surface area contributed by atoms with E-state index < -0.39 is 5.97 Å². The molecule has 3 aromatic rings. The second-order valence-electron chi connectivity index (χ2n) is 7.05. The SMILES string of the molecule is CCOC(=O)C1=C(C)Nc2ccccc2N=C1NC(=O)Cc1nc(-c2cccs2)oc1C. The molecule has 2 aromatic heterocycles. The van der Waals surface area contributed by atoms with Gasteiger partial charge in [-0.15, -0.1) is 11.3 Å². The van der Waals surface area contributed by atoms with Gasteiger partial charge in [0.2, 0.25) is 11.8 Å². The molecule has 0 radical (unpaired) electrons. The van der Waals surface area contributed by atoms with Crippen LogP contribution >= 0.6 is 11.3 Å². The van der Waals surface area contributed by atoms with Crippen molar-refractivity contribution in [1.29, 1.82) is 0 Å². The highest BCUT2D eigenvalue weighted by molar-refractivity contribution is 7.13. The fourth-order valence-corrected chi connectivity index (χ4v) is 3.91. The van der Waals surface area contributed by atoms with E-state index in [0.29, 0.717) is 28.7 Å². The molecule has 8 nitrogen and oxygen atoms in total. The molecule has 32 heavy (non-hydrogen) atoms. The molecular formula is C23H22N4O4S. The molecule has 1 aromatic carbocycles. The van der Waals surface area contributed by atoms with Crippen LogP contribution in [-0.4, -0.2) is 29.3 Å². The second kappa shape index (κ2) is 9.19. The maximum Gasteiger partial charge on any atom is 0.343 e. The number of anilines is 1. The third-order valence-corrected chi connectivity index (χ3v) is 5.62. The van der Waals surface area contributed by atoms with Crippen molar-refractivity contribution in [3.05, 3.63) is 64.5 Å². The van der Waals surface area contributed by atoms with Crippen LogP contribution in [0.3, 0.4) is 0 Å². The number of para-hydroxylation sites is 2. The normalized spacial score (nSPS) is 13.0. The first-order valence-corrected chi connectivity index (χ1v) is 11.0. The van der Waals surface area contributed by atoms with Gasteiger partial charge in [0.1, 0.15) is 17.2 Å². The average molecular weight is 451 g/mol. The van der Waals surface area contributed by atoms with Crippen LogP contribution in [0.2, 0.25) is 0 Å². The van der Waals surface area contributed by atoms with Crippen molar-refractivity contribution in [2.75, 3.05) is 11.9 Å². The van der Waals surface area contributed by atoms with Gasteiger partial charge in [-0.05, 0) is 44.4 Å². The van der Waals surface area contributed by atoms with Gasteiger partial charge in [-0.25, -0.2) is 14.8 Å². The fourth-order valence-electron chi connectivity index (χ4n) is 3.26. The first-order valence-electron chi connectivity index (χ1n) is 10.1. The average Bonchev–Trinajstić information content (AvgIpc) is 3.37. The zero-order valence-corrected chi connectivity index (χ0v) is 18.7. The number of nitrogens with zero attached hydrogens (tertiary/aromatic N) is 2. The van der Waals surface area contributed by atoms with Crippen LogP contribution in [-0.2, 0) is 20.7 Å². The number of amides is 1. The molecule has 0 fully saturated rings. The number of carbonyl (C=O) groups excluding carboxylic acids is 2. The molecule has 0 bridgehead atoms. The smallest absolute Gasteiger partial charge is 0.343 e. The fraction of sp³-hybridized carbons (Fsp3) is 0.217. The molecular weight excluding hydrogens is 428 g/mol. The molecule has 1 aliphatic heterocycles. The maximum absolute atomic E-state index is 12.9. The van der Waals surface area contributed by atoms with E-state index >= 15 is 0 Å². The molecule has 1 aliphatic rings. The van der Waals surface area contributed by atoms with Crippen molar-refractivity contribution >= 4 is 40.4 Å². The van der Waals surface area contributed by atoms with E-state index in [4.69, 9.17) is 9.15 Å². The maximum atomic E-state index is 12.9. The summed E-state index contributed by atoms with van der Waals surface area (Å²) >= 11 is 1.51. The van der Waals surface area contributed by atoms with Gasteiger partial charge in [0, 0.05) is 5.70 Å². The molecule has 0 unspecified atom stereocenters. The minimum atomic E-state index is -0.568. The topological polar surface area (TPSA) is 106 Å². The number of aryl methyl sites for hydroxylation is 1. The summed E-state index contributed by atoms with van der Waals surface area (Å²) in [6, 6.07) is 11.2. The number of nitrogens with one attached hydrogen (secondary N) is 2. The number of hydrogen-bond donors (Lipinski definition) is 2. The second-order valence-corrected chi connectivity index (χ2v) is 7.99. The third kappa shape index (κ3) is 4.47. The highest BCUT2D eigenvalue weighted by atomic mass is 32.1. The number of rotatable bonds is 5. The number of thiophene rings is 1. The van der Waals surface area contributed by atoms with Crippen LogP contribution in [0.4, 0.5) is 11.4 Å². The van der Waals surface area contributed by atoms with E-state index in [9.17, 15) is 9.59 Å². The Morgan fingerprint density at radius 1 is 1.19 bits per heavy atom. The van der Waals surface area contributed by atoms with E-state index in [2.05, 4.69) is 20.6 Å². The van der Waals surface area contributed by atoms with Gasteiger partial charge < -0.3 is 19.8 Å². The highest BCUT2D eigenvalue weighted by Crippen LogP contribution is 2.30. The van der Waals surface area contributed by atoms with E-state index in [-0.39, 0.29) is 30.3 Å². The molecule has 0 saturated heterocycles. The van der Waals surface area contributed by atoms with Gasteiger partial charge in [0.15, 0.2) is 0 Å². The van der Waals surface area contributed by atoms with E-state index in [1.807, 2.05) is 35.7 Å². The number of hydrogen-bond acceptors (Lipinski definition) is 8. The van der Waals surface area contributed by atoms with Gasteiger partial charge in [-0.1, -0.05) is 18.2 Å². The van der Waals surface area contributed by atoms with Crippen molar-refractivity contribution in [1.82, 2.24) is 10.3 Å². The van der Waals surface area contributed by atoms with E-state index in [1.165, 1.54) is 11.3 Å². The Hall–Kier alpha value is -3.72. The van der Waals surface area contributed by atoms with Gasteiger partial charge in [-0.2, -0.15) is 0 Å². The molecule has 1 amide bonds. The van der Waals surface area contributed by atoms with Crippen LogP contribution in [0.25, 0.3) is 10.8 Å². The zero-order valence-electron chi connectivity index (χ0n) is 17.9. The Morgan fingerprint density at radius 2 is 2.00 bits per heavy atom. The number of carbonyl (C=O) groups is 2. The summed E-state index contributed by atoms with van der Waals surface area (Å²) in [4.78, 5) is 35.5. The van der Waals surface area contributed by atoms with Gasteiger partial charge in [0.25, 0.3) is 0 Å². The first-order chi connectivity index (χ1) is 15.5. The molecule has 3 heterocycles. The lowest BCUT2D eigenvalue weighted by atomic mass is 10.1. The molecule has 2 N–H and O–H groups in total. The van der Waals surface area contributed by atoms with Crippen LogP contribution in [0.15, 0.2) is 62.5 Å². The number of benzene rings is 1. The number of amidine groups is 1. The predicted molar refractivity (Wildman–Crippen MR) is 123 cm³/mol. The number of esters is 1. The molecule has 0 saturated carbocycles. The van der Waals surface area contributed by atoms with Gasteiger partial charge in [-0.3, -0.25) is 4.79 Å². The predicted octanol–water partition coefficient (Wildman–Crippen LogP) is 4.36. The third-order valence-electron chi connectivity index (χ3n) is 4.76. The number of aromatic nitrogens is 1. The Kier molecular flexibility index (Phi) is 6.18. The largest absolute Gasteiger partial charge is 0.462 e. The summed E-state index contributed by atoms with van der Waals surface area (Å²) < 4.78 is 10.9. The van der Waals surface area contributed by atoms with Gasteiger partial charge >= 0.3 is 5.97 Å². The Bertz CT molecular complexity index is 1220. The molecule has 4 rings (SSSR count). The van der Waals surface area contributed by atoms with E-state index in [1.54, 1.807) is 26.8 Å². The number of aliphatic imine (C=N–C) groups is 1. The lowest BCUT2D eigenvalue weighted by Gasteiger charge is -2.13. The minimum Gasteiger partial charge on any atom is -0.462 e. The Labute approximate surface area is 189 Å². The van der Waals surface area contributed by atoms with Crippen LogP contribution in [0.1, 0.15) is 25.3 Å². The summed E-state index contributed by atoms with van der Waals surface area (Å²) in [5.74, 6) is 0.237. The zero-order chi connectivity index (χ0) is 22.7. The van der Waals surface area contributed by atoms with Crippen molar-refractivity contribution in [3.63, 3.8) is 0 Å². The van der Waals surface area contributed by atoms with Crippen molar-refractivity contribution in [2.24, 2.45) is 4.99 Å². The van der Waals surface area contributed by atoms with Crippen molar-refractivity contribution < 1.29 is 18.7 Å². The summed E-state index contributed by atoms with van der Waals surface area (Å²) in [5, 5.41) is 7.89. The highest BCUT2D eigenvalue weighted by Gasteiger charge is 2.26. The van der Waals surface area contributed by atoms with Gasteiger partial charge in [0.05, 0.1) is 35.0 Å². The molecule has 164 valence electrons. The number of allylic oxidation sites excluding steroid dienone is 1. The summed E-state index contributed by atoms with van der Waals surface area (Å²) in [5.41, 5.74) is 2.55. The lowest BCUT2D eigenvalue weighted by molar-refractivity contribution is -0.137. The first kappa shape index (κ1) is 21.5. The standard InChI is InChI=1S/C23H22N4O4S/c1-4-30-23(29)20-13(2)24-15-8-5-6-9-16(15)25-21(20)27-19(28)12-17-14(3)31-22(26-17)18-10-7-11-32-18/h5-11,24H,4,12H2,1-3H3,(H,25,27,28). The molecule has 9 heteroatoms. The summed E-state index contributed by atoms with van der Waals surface area (Å²) in [6.45, 7) is 5.43. The van der Waals surface area contributed by atoms with Crippen molar-refractivity contribution in [2.45, 2.75) is 27.2 Å². The minimum absolute atomic E-state index is 0.0239. The number of fused-ring (bicyclic) bond motifs is 1. The summed E-state index contributed by atoms with van der Waals surface area (Å²) in [6.07, 6.45) is -0.0239. The summed E-state index contributed by atoms with van der Waals surface area (Å²) in [7, 11) is 0. The quantitative estimate of drug-likeness (QED) is 0.560. The number of ether oxygens (including phenoxy) is 1. The molecule has 0 atom stereocenters. The van der Waals surface area contributed by atoms with Crippen LogP contribution in [0, 0.1) is 6.92 Å². The molecule has 0 spiro atoms. The van der Waals surface area contributed by atoms with Crippen LogP contribution in [0.5, 0.6) is 0 Å². The lowest BCUT2D eigenvalue weighted by Crippen LogP contribution is -2.36. The van der Waals surface area contributed by atoms with Crippen molar-refractivity contribution in [3.8, 4) is 10.8 Å². The van der Waals surface area contributed by atoms with Crippen LogP contribution < -0.4 is 10.6 Å². The monoisotopic (exact) mass is 450 g/mol. The Morgan fingerprint density at radius 3 is 2.75 bits per heavy atom.